The molecule has 2 aliphatic heterocycles. The Morgan fingerprint density at radius 2 is 1.76 bits per heavy atom. The number of carbonyl (C=O) groups excluding carboxylic acids is 1. The number of carbonyl (C=O) groups is 1. The number of aliphatic imine (C=N–C) groups is 1. The van der Waals surface area contributed by atoms with Crippen LogP contribution in [0.5, 0.6) is 5.75 Å². The maximum Gasteiger partial charge on any atom is 0.268 e. The number of hydrogen-bond donors (Lipinski definition) is 0. The van der Waals surface area contributed by atoms with Crippen molar-refractivity contribution in [1.29, 1.82) is 0 Å². The number of halogens is 1. The smallest absolute Gasteiger partial charge is 0.268 e. The van der Waals surface area contributed by atoms with Crippen molar-refractivity contribution in [3.05, 3.63) is 54.3 Å². The number of para-hydroxylation sites is 2. The molecule has 2 aromatic rings. The summed E-state index contributed by atoms with van der Waals surface area (Å²) < 4.78 is 19.1. The topological polar surface area (TPSA) is 48.4 Å². The molecule has 0 aromatic heterocycles. The van der Waals surface area contributed by atoms with Crippen molar-refractivity contribution in [1.82, 2.24) is 4.90 Å². The lowest BCUT2D eigenvalue weighted by atomic mass is 10.1. The first-order valence-corrected chi connectivity index (χ1v) is 11.9. The van der Waals surface area contributed by atoms with Gasteiger partial charge in [-0.2, -0.15) is 0 Å². The fourth-order valence-corrected chi connectivity index (χ4v) is 4.49. The van der Waals surface area contributed by atoms with Gasteiger partial charge in [0.15, 0.2) is 6.10 Å². The molecule has 0 spiro atoms. The lowest BCUT2D eigenvalue weighted by Crippen LogP contribution is -2.47. The highest BCUT2D eigenvalue weighted by molar-refractivity contribution is 7.78. The van der Waals surface area contributed by atoms with Crippen LogP contribution in [-0.2, 0) is 4.79 Å². The van der Waals surface area contributed by atoms with Crippen LogP contribution in [0.15, 0.2) is 53.5 Å². The number of isothiocyanates is 1. The van der Waals surface area contributed by atoms with Gasteiger partial charge in [0, 0.05) is 44.8 Å². The van der Waals surface area contributed by atoms with E-state index in [2.05, 4.69) is 32.2 Å². The van der Waals surface area contributed by atoms with Crippen LogP contribution in [0, 0.1) is 5.82 Å². The van der Waals surface area contributed by atoms with E-state index < -0.39 is 6.10 Å². The van der Waals surface area contributed by atoms with Gasteiger partial charge in [-0.05, 0) is 68.0 Å². The first kappa shape index (κ1) is 23.4. The first-order valence-electron chi connectivity index (χ1n) is 11.5. The second-order valence-corrected chi connectivity index (χ2v) is 8.52. The average molecular weight is 469 g/mol. The van der Waals surface area contributed by atoms with Crippen LogP contribution in [0.4, 0.5) is 15.8 Å². The molecule has 1 fully saturated rings. The summed E-state index contributed by atoms with van der Waals surface area (Å²) in [4.78, 5) is 23.6. The molecule has 2 aliphatic rings. The van der Waals surface area contributed by atoms with Crippen molar-refractivity contribution >= 4 is 34.7 Å². The lowest BCUT2D eigenvalue weighted by Gasteiger charge is -2.36. The molecule has 2 aromatic carbocycles. The molecule has 0 aliphatic carbocycles. The van der Waals surface area contributed by atoms with Crippen molar-refractivity contribution in [3.8, 4) is 5.75 Å². The van der Waals surface area contributed by atoms with Gasteiger partial charge in [0.1, 0.15) is 11.6 Å². The molecule has 1 saturated heterocycles. The largest absolute Gasteiger partial charge is 0.478 e. The Balaban J connectivity index is 1.25. The van der Waals surface area contributed by atoms with Gasteiger partial charge in [-0.1, -0.05) is 12.1 Å². The zero-order valence-corrected chi connectivity index (χ0v) is 19.5. The Bertz CT molecular complexity index is 988. The number of rotatable bonds is 9. The van der Waals surface area contributed by atoms with Gasteiger partial charge < -0.3 is 14.5 Å². The van der Waals surface area contributed by atoms with Crippen LogP contribution in [0.1, 0.15) is 19.3 Å². The zero-order chi connectivity index (χ0) is 23.0. The summed E-state index contributed by atoms with van der Waals surface area (Å²) in [5, 5.41) is 2.34. The van der Waals surface area contributed by atoms with Gasteiger partial charge in [0.2, 0.25) is 0 Å². The van der Waals surface area contributed by atoms with Crippen LogP contribution in [-0.4, -0.2) is 67.9 Å². The van der Waals surface area contributed by atoms with E-state index >= 15 is 0 Å². The second kappa shape index (κ2) is 11.4. The third-order valence-electron chi connectivity index (χ3n) is 6.20. The Labute approximate surface area is 199 Å². The van der Waals surface area contributed by atoms with Crippen LogP contribution in [0.25, 0.3) is 0 Å². The summed E-state index contributed by atoms with van der Waals surface area (Å²) >= 11 is 4.62. The summed E-state index contributed by atoms with van der Waals surface area (Å²) in [7, 11) is 0. The highest BCUT2D eigenvalue weighted by Gasteiger charge is 2.33. The number of hydrogen-bond acceptors (Lipinski definition) is 6. The number of amides is 1. The maximum atomic E-state index is 13.2. The van der Waals surface area contributed by atoms with Crippen molar-refractivity contribution in [2.24, 2.45) is 4.99 Å². The molecule has 174 valence electrons. The van der Waals surface area contributed by atoms with E-state index in [0.717, 1.165) is 62.7 Å². The molecule has 1 unspecified atom stereocenters. The van der Waals surface area contributed by atoms with Gasteiger partial charge in [-0.3, -0.25) is 9.69 Å². The highest BCUT2D eigenvalue weighted by atomic mass is 32.1. The van der Waals surface area contributed by atoms with Gasteiger partial charge in [-0.15, -0.1) is 0 Å². The lowest BCUT2D eigenvalue weighted by molar-refractivity contribution is -0.126. The predicted octanol–water partition coefficient (Wildman–Crippen LogP) is 4.02. The number of nitrogens with zero attached hydrogens (tertiary/aromatic N) is 4. The van der Waals surface area contributed by atoms with Crippen molar-refractivity contribution in [3.63, 3.8) is 0 Å². The molecule has 2 heterocycles. The molecule has 0 radical (unpaired) electrons. The SMILES string of the molecule is O=C1C(CCN=C=S)Oc2ccccc2N1CCCCN1CCN(c2ccc(F)cc2)CC1. The van der Waals surface area contributed by atoms with Gasteiger partial charge in [0.25, 0.3) is 5.91 Å². The van der Waals surface area contributed by atoms with Crippen molar-refractivity contribution in [2.45, 2.75) is 25.4 Å². The maximum absolute atomic E-state index is 13.2. The Hall–Kier alpha value is -2.80. The monoisotopic (exact) mass is 468 g/mol. The average Bonchev–Trinajstić information content (AvgIpc) is 2.84. The number of ether oxygens (including phenoxy) is 1. The minimum absolute atomic E-state index is 0.0128. The predicted molar refractivity (Wildman–Crippen MR) is 132 cm³/mol. The van der Waals surface area contributed by atoms with Crippen molar-refractivity contribution < 1.29 is 13.9 Å². The second-order valence-electron chi connectivity index (χ2n) is 8.34. The van der Waals surface area contributed by atoms with E-state index in [1.807, 2.05) is 41.3 Å². The van der Waals surface area contributed by atoms with E-state index in [1.54, 1.807) is 0 Å². The molecule has 6 nitrogen and oxygen atoms in total. The van der Waals surface area contributed by atoms with E-state index in [4.69, 9.17) is 4.74 Å². The van der Waals surface area contributed by atoms with E-state index in [9.17, 15) is 9.18 Å². The molecular weight excluding hydrogens is 439 g/mol. The summed E-state index contributed by atoms with van der Waals surface area (Å²) in [6.07, 6.45) is 1.89. The summed E-state index contributed by atoms with van der Waals surface area (Å²) in [6, 6.07) is 14.4. The van der Waals surface area contributed by atoms with Gasteiger partial charge in [0.05, 0.1) is 17.4 Å². The quantitative estimate of drug-likeness (QED) is 0.316. The molecule has 0 bridgehead atoms. The normalized spacial score (nSPS) is 18.5. The molecule has 0 saturated carbocycles. The van der Waals surface area contributed by atoms with Crippen molar-refractivity contribution in [2.75, 3.05) is 55.6 Å². The fourth-order valence-electron chi connectivity index (χ4n) is 4.40. The van der Waals surface area contributed by atoms with Crippen LogP contribution in [0.3, 0.4) is 0 Å². The molecule has 1 amide bonds. The molecule has 1 atom stereocenters. The zero-order valence-electron chi connectivity index (χ0n) is 18.7. The summed E-state index contributed by atoms with van der Waals surface area (Å²) in [6.45, 7) is 5.95. The number of unbranched alkanes of at least 4 members (excludes halogenated alkanes) is 1. The molecule has 4 rings (SSSR count). The van der Waals surface area contributed by atoms with Crippen LogP contribution >= 0.6 is 12.2 Å². The Morgan fingerprint density at radius 3 is 2.52 bits per heavy atom. The van der Waals surface area contributed by atoms with Gasteiger partial charge >= 0.3 is 0 Å². The number of benzene rings is 2. The van der Waals surface area contributed by atoms with Crippen LogP contribution < -0.4 is 14.5 Å². The minimum Gasteiger partial charge on any atom is -0.478 e. The number of thiocarbonyl (C=S) groups is 1. The number of anilines is 2. The summed E-state index contributed by atoms with van der Waals surface area (Å²) in [5.74, 6) is 0.528. The standard InChI is InChI=1S/C25H29FN4O2S/c26-20-7-9-21(10-8-20)29-17-15-28(16-18-29)13-3-4-14-30-22-5-1-2-6-23(22)32-24(25(30)31)11-12-27-19-33/h1-2,5-10,24H,3-4,11-18H2. The van der Waals surface area contributed by atoms with E-state index in [1.165, 1.54) is 12.1 Å². The molecule has 33 heavy (non-hydrogen) atoms. The third kappa shape index (κ3) is 5.96. The molecule has 0 N–H and O–H groups in total. The Kier molecular flexibility index (Phi) is 8.05. The van der Waals surface area contributed by atoms with Gasteiger partial charge in [-0.25, -0.2) is 9.38 Å². The third-order valence-corrected chi connectivity index (χ3v) is 6.33. The van der Waals surface area contributed by atoms with E-state index in [0.29, 0.717) is 19.5 Å². The molecule has 8 heteroatoms. The first-order chi connectivity index (χ1) is 16.2. The number of piperazine rings is 1. The highest BCUT2D eigenvalue weighted by Crippen LogP contribution is 2.34. The van der Waals surface area contributed by atoms with E-state index in [-0.39, 0.29) is 11.7 Å². The summed E-state index contributed by atoms with van der Waals surface area (Å²) in [5.41, 5.74) is 1.91. The number of fused-ring (bicyclic) bond motifs is 1. The molecular formula is C25H29FN4O2S. The van der Waals surface area contributed by atoms with Crippen LogP contribution in [0.2, 0.25) is 0 Å². The minimum atomic E-state index is -0.536. The Morgan fingerprint density at radius 1 is 1.03 bits per heavy atom. The fraction of sp³-hybridized carbons (Fsp3) is 0.440.